The van der Waals surface area contributed by atoms with Gasteiger partial charge >= 0.3 is 0 Å². The van der Waals surface area contributed by atoms with E-state index in [0.29, 0.717) is 12.6 Å². The molecule has 1 unspecified atom stereocenters. The van der Waals surface area contributed by atoms with E-state index in [1.54, 1.807) is 21.3 Å². The van der Waals surface area contributed by atoms with Crippen molar-refractivity contribution >= 4 is 5.96 Å². The lowest BCUT2D eigenvalue weighted by Gasteiger charge is -2.19. The number of hydrogen-bond donors (Lipinski definition) is 2. The molecule has 0 bridgehead atoms. The van der Waals surface area contributed by atoms with Gasteiger partial charge in [0, 0.05) is 52.4 Å². The molecular weight excluding hydrogens is 392 g/mol. The largest absolute Gasteiger partial charge is 0.497 e. The molecule has 0 radical (unpaired) electrons. The Balaban J connectivity index is 1.50. The van der Waals surface area contributed by atoms with Crippen LogP contribution in [-0.4, -0.2) is 58.4 Å². The SMILES string of the molecule is CN=C(NCc1cccc(COC)c1)NC1CCN(Cc2cc(OC)cc(OC)c2)C1. The number of aliphatic imine (C=N–C) groups is 1. The molecule has 7 nitrogen and oxygen atoms in total. The standard InChI is InChI=1S/C24H34N4O3/c1-25-24(26-14-18-6-5-7-19(10-18)17-29-2)27-21-8-9-28(16-21)15-20-11-22(30-3)13-23(12-20)31-4/h5-7,10-13,21H,8-9,14-17H2,1-4H3,(H2,25,26,27). The molecule has 168 valence electrons. The summed E-state index contributed by atoms with van der Waals surface area (Å²) in [7, 11) is 6.89. The summed E-state index contributed by atoms with van der Waals surface area (Å²) >= 11 is 0. The fraction of sp³-hybridized carbons (Fsp3) is 0.458. The molecule has 0 spiro atoms. The molecule has 0 saturated carbocycles. The minimum atomic E-state index is 0.360. The average Bonchev–Trinajstić information content (AvgIpc) is 3.23. The smallest absolute Gasteiger partial charge is 0.191 e. The first-order valence-electron chi connectivity index (χ1n) is 10.6. The summed E-state index contributed by atoms with van der Waals surface area (Å²) < 4.78 is 16.0. The first kappa shape index (κ1) is 22.9. The number of hydrogen-bond acceptors (Lipinski definition) is 5. The normalized spacial score (nSPS) is 16.9. The van der Waals surface area contributed by atoms with Gasteiger partial charge in [0.05, 0.1) is 20.8 Å². The monoisotopic (exact) mass is 426 g/mol. The van der Waals surface area contributed by atoms with E-state index in [-0.39, 0.29) is 0 Å². The first-order valence-corrected chi connectivity index (χ1v) is 10.6. The highest BCUT2D eigenvalue weighted by Gasteiger charge is 2.23. The van der Waals surface area contributed by atoms with Gasteiger partial charge in [-0.2, -0.15) is 0 Å². The van der Waals surface area contributed by atoms with Gasteiger partial charge in [-0.25, -0.2) is 0 Å². The van der Waals surface area contributed by atoms with Gasteiger partial charge in [-0.1, -0.05) is 24.3 Å². The minimum Gasteiger partial charge on any atom is -0.497 e. The molecule has 3 rings (SSSR count). The number of rotatable bonds is 9. The van der Waals surface area contributed by atoms with Crippen LogP contribution in [0.25, 0.3) is 0 Å². The lowest BCUT2D eigenvalue weighted by Crippen LogP contribution is -2.44. The van der Waals surface area contributed by atoms with Crippen LogP contribution in [0.2, 0.25) is 0 Å². The third kappa shape index (κ3) is 6.87. The summed E-state index contributed by atoms with van der Waals surface area (Å²) in [6.07, 6.45) is 1.07. The molecule has 7 heteroatoms. The van der Waals surface area contributed by atoms with Gasteiger partial charge in [0.2, 0.25) is 0 Å². The van der Waals surface area contributed by atoms with E-state index in [4.69, 9.17) is 14.2 Å². The van der Waals surface area contributed by atoms with Gasteiger partial charge in [0.15, 0.2) is 5.96 Å². The van der Waals surface area contributed by atoms with Crippen LogP contribution in [0.3, 0.4) is 0 Å². The summed E-state index contributed by atoms with van der Waals surface area (Å²) in [4.78, 5) is 6.84. The fourth-order valence-corrected chi connectivity index (χ4v) is 3.88. The van der Waals surface area contributed by atoms with Crippen molar-refractivity contribution < 1.29 is 14.2 Å². The first-order chi connectivity index (χ1) is 15.1. The topological polar surface area (TPSA) is 67.4 Å². The Bertz CT molecular complexity index is 849. The molecular formula is C24H34N4O3. The summed E-state index contributed by atoms with van der Waals surface area (Å²) in [6.45, 7) is 4.20. The van der Waals surface area contributed by atoms with Crippen molar-refractivity contribution in [1.29, 1.82) is 0 Å². The number of ether oxygens (including phenoxy) is 3. The number of benzene rings is 2. The van der Waals surface area contributed by atoms with Crippen LogP contribution in [0.1, 0.15) is 23.1 Å². The Morgan fingerprint density at radius 3 is 2.45 bits per heavy atom. The highest BCUT2D eigenvalue weighted by molar-refractivity contribution is 5.80. The summed E-state index contributed by atoms with van der Waals surface area (Å²) in [5.41, 5.74) is 3.57. The summed E-state index contributed by atoms with van der Waals surface area (Å²) in [6, 6.07) is 14.8. The van der Waals surface area contributed by atoms with Crippen LogP contribution in [-0.2, 0) is 24.4 Å². The van der Waals surface area contributed by atoms with Gasteiger partial charge in [0.1, 0.15) is 11.5 Å². The van der Waals surface area contributed by atoms with Gasteiger partial charge in [0.25, 0.3) is 0 Å². The molecule has 0 amide bonds. The zero-order valence-electron chi connectivity index (χ0n) is 19.0. The summed E-state index contributed by atoms with van der Waals surface area (Å²) in [5.74, 6) is 2.47. The van der Waals surface area contributed by atoms with E-state index in [1.807, 2.05) is 13.1 Å². The summed E-state index contributed by atoms with van der Waals surface area (Å²) in [5, 5.41) is 6.98. The lowest BCUT2D eigenvalue weighted by molar-refractivity contribution is 0.185. The molecule has 1 heterocycles. The molecule has 0 aromatic heterocycles. The third-order valence-corrected chi connectivity index (χ3v) is 5.42. The van der Waals surface area contributed by atoms with E-state index in [9.17, 15) is 0 Å². The van der Waals surface area contributed by atoms with Crippen LogP contribution in [0.4, 0.5) is 0 Å². The predicted molar refractivity (Wildman–Crippen MR) is 124 cm³/mol. The van der Waals surface area contributed by atoms with E-state index < -0.39 is 0 Å². The van der Waals surface area contributed by atoms with Crippen molar-refractivity contribution in [2.75, 3.05) is 41.5 Å². The zero-order valence-corrected chi connectivity index (χ0v) is 19.0. The Kier molecular flexibility index (Phi) is 8.55. The zero-order chi connectivity index (χ0) is 22.1. The maximum Gasteiger partial charge on any atom is 0.191 e. The number of nitrogens with one attached hydrogen (secondary N) is 2. The van der Waals surface area contributed by atoms with Crippen molar-refractivity contribution in [3.63, 3.8) is 0 Å². The maximum atomic E-state index is 5.39. The Labute approximate surface area is 185 Å². The minimum absolute atomic E-state index is 0.360. The van der Waals surface area contributed by atoms with Crippen molar-refractivity contribution in [2.24, 2.45) is 4.99 Å². The fourth-order valence-electron chi connectivity index (χ4n) is 3.88. The van der Waals surface area contributed by atoms with Gasteiger partial charge < -0.3 is 24.8 Å². The Morgan fingerprint density at radius 2 is 1.77 bits per heavy atom. The molecule has 1 atom stereocenters. The number of methoxy groups -OCH3 is 3. The molecule has 2 aromatic rings. The molecule has 1 aliphatic rings. The van der Waals surface area contributed by atoms with Gasteiger partial charge in [-0.05, 0) is 35.2 Å². The van der Waals surface area contributed by atoms with Crippen molar-refractivity contribution in [3.05, 3.63) is 59.2 Å². The van der Waals surface area contributed by atoms with Crippen molar-refractivity contribution in [1.82, 2.24) is 15.5 Å². The van der Waals surface area contributed by atoms with Crippen LogP contribution >= 0.6 is 0 Å². The van der Waals surface area contributed by atoms with Crippen LogP contribution in [0, 0.1) is 0 Å². The van der Waals surface area contributed by atoms with E-state index in [0.717, 1.165) is 50.1 Å². The van der Waals surface area contributed by atoms with Crippen LogP contribution in [0.5, 0.6) is 11.5 Å². The molecule has 1 aliphatic heterocycles. The van der Waals surface area contributed by atoms with Gasteiger partial charge in [-0.15, -0.1) is 0 Å². The molecule has 2 aromatic carbocycles. The Morgan fingerprint density at radius 1 is 1.03 bits per heavy atom. The molecule has 1 saturated heterocycles. The second kappa shape index (κ2) is 11.6. The highest BCUT2D eigenvalue weighted by atomic mass is 16.5. The van der Waals surface area contributed by atoms with Crippen LogP contribution in [0.15, 0.2) is 47.5 Å². The van der Waals surface area contributed by atoms with Crippen molar-refractivity contribution in [3.8, 4) is 11.5 Å². The van der Waals surface area contributed by atoms with E-state index in [2.05, 4.69) is 56.9 Å². The lowest BCUT2D eigenvalue weighted by atomic mass is 10.1. The molecule has 0 aliphatic carbocycles. The van der Waals surface area contributed by atoms with E-state index in [1.165, 1.54) is 16.7 Å². The maximum absolute atomic E-state index is 5.39. The third-order valence-electron chi connectivity index (χ3n) is 5.42. The predicted octanol–water partition coefficient (Wildman–Crippen LogP) is 2.79. The second-order valence-corrected chi connectivity index (χ2v) is 7.76. The number of likely N-dealkylation sites (tertiary alicyclic amines) is 1. The molecule has 31 heavy (non-hydrogen) atoms. The van der Waals surface area contributed by atoms with E-state index >= 15 is 0 Å². The highest BCUT2D eigenvalue weighted by Crippen LogP contribution is 2.24. The average molecular weight is 427 g/mol. The van der Waals surface area contributed by atoms with Gasteiger partial charge in [-0.3, -0.25) is 9.89 Å². The molecule has 1 fully saturated rings. The van der Waals surface area contributed by atoms with Crippen LogP contribution < -0.4 is 20.1 Å². The number of guanidine groups is 1. The molecule has 2 N–H and O–H groups in total. The number of nitrogens with zero attached hydrogens (tertiary/aromatic N) is 2. The quantitative estimate of drug-likeness (QED) is 0.475. The second-order valence-electron chi connectivity index (χ2n) is 7.76. The Hall–Kier alpha value is -2.77. The van der Waals surface area contributed by atoms with Crippen molar-refractivity contribution in [2.45, 2.75) is 32.2 Å².